The Morgan fingerprint density at radius 1 is 1.31 bits per heavy atom. The number of rotatable bonds is 6. The number of aliphatic hydroxyl groups is 1. The van der Waals surface area contributed by atoms with Gasteiger partial charge < -0.3 is 15.2 Å². The summed E-state index contributed by atoms with van der Waals surface area (Å²) < 4.78 is 5.36. The van der Waals surface area contributed by atoms with Gasteiger partial charge in [0.05, 0.1) is 24.6 Å². The minimum atomic E-state index is -0.406. The maximum absolute atomic E-state index is 12.2. The number of cyclic esters (lactones) is 1. The van der Waals surface area contributed by atoms with Crippen molar-refractivity contribution in [2.24, 2.45) is 0 Å². The molecule has 2 heterocycles. The lowest BCUT2D eigenvalue weighted by atomic mass is 9.97. The van der Waals surface area contributed by atoms with Gasteiger partial charge in [0, 0.05) is 11.1 Å². The summed E-state index contributed by atoms with van der Waals surface area (Å²) in [6.07, 6.45) is 1.22. The molecule has 2 aliphatic rings. The standard InChI is InChI=1S/C19H20N2O4S/c22-12-19(7-8-19)13-3-5-14(6-4-13)21-11-15(25-18(21)24)10-20-17(23)16-2-1-9-26-16/h1-6,9,15,22H,7-8,10-12H2,(H,20,23). The number of ether oxygens (including phenoxy) is 1. The van der Waals surface area contributed by atoms with E-state index in [9.17, 15) is 14.7 Å². The Kier molecular flexibility index (Phi) is 4.42. The molecule has 26 heavy (non-hydrogen) atoms. The zero-order valence-corrected chi connectivity index (χ0v) is 15.0. The number of thiophene rings is 1. The minimum Gasteiger partial charge on any atom is -0.442 e. The van der Waals surface area contributed by atoms with Crippen LogP contribution in [0.3, 0.4) is 0 Å². The van der Waals surface area contributed by atoms with Crippen LogP contribution in [0.1, 0.15) is 28.1 Å². The van der Waals surface area contributed by atoms with Crippen molar-refractivity contribution in [3.8, 4) is 0 Å². The quantitative estimate of drug-likeness (QED) is 0.817. The third-order valence-electron chi connectivity index (χ3n) is 5.06. The number of nitrogens with zero attached hydrogens (tertiary/aromatic N) is 1. The summed E-state index contributed by atoms with van der Waals surface area (Å²) in [6.45, 7) is 0.836. The van der Waals surface area contributed by atoms with Crippen LogP contribution in [0.2, 0.25) is 0 Å². The van der Waals surface area contributed by atoms with Crippen molar-refractivity contribution < 1.29 is 19.4 Å². The highest BCUT2D eigenvalue weighted by Crippen LogP contribution is 2.47. The number of anilines is 1. The molecule has 136 valence electrons. The van der Waals surface area contributed by atoms with Crippen LogP contribution in [0.15, 0.2) is 41.8 Å². The Hall–Kier alpha value is -2.38. The summed E-state index contributed by atoms with van der Waals surface area (Å²) in [6, 6.07) is 11.3. The van der Waals surface area contributed by atoms with Crippen molar-refractivity contribution in [2.45, 2.75) is 24.4 Å². The van der Waals surface area contributed by atoms with Gasteiger partial charge in [0.2, 0.25) is 0 Å². The molecule has 2 aromatic rings. The molecule has 1 saturated carbocycles. The van der Waals surface area contributed by atoms with E-state index in [4.69, 9.17) is 4.74 Å². The Bertz CT molecular complexity index is 799. The van der Waals surface area contributed by atoms with Gasteiger partial charge >= 0.3 is 6.09 Å². The van der Waals surface area contributed by atoms with Gasteiger partial charge in [0.1, 0.15) is 6.10 Å². The van der Waals surface area contributed by atoms with Crippen molar-refractivity contribution >= 4 is 29.0 Å². The van der Waals surface area contributed by atoms with Crippen LogP contribution in [0.25, 0.3) is 0 Å². The molecule has 1 aromatic carbocycles. The zero-order valence-electron chi connectivity index (χ0n) is 14.2. The van der Waals surface area contributed by atoms with Crippen LogP contribution in [0.5, 0.6) is 0 Å². The van der Waals surface area contributed by atoms with Crippen molar-refractivity contribution in [1.82, 2.24) is 5.32 Å². The van der Waals surface area contributed by atoms with Crippen LogP contribution in [-0.2, 0) is 10.2 Å². The first-order chi connectivity index (χ1) is 12.6. The molecule has 2 amide bonds. The van der Waals surface area contributed by atoms with Crippen molar-refractivity contribution in [2.75, 3.05) is 24.6 Å². The molecule has 0 bridgehead atoms. The van der Waals surface area contributed by atoms with Gasteiger partial charge in [-0.3, -0.25) is 9.69 Å². The number of amides is 2. The highest BCUT2D eigenvalue weighted by Gasteiger charge is 2.43. The van der Waals surface area contributed by atoms with Gasteiger partial charge in [-0.05, 0) is 42.0 Å². The molecule has 2 N–H and O–H groups in total. The molecule has 1 aliphatic carbocycles. The molecule has 1 aliphatic heterocycles. The highest BCUT2D eigenvalue weighted by atomic mass is 32.1. The van der Waals surface area contributed by atoms with Gasteiger partial charge in [-0.1, -0.05) is 18.2 Å². The van der Waals surface area contributed by atoms with Crippen molar-refractivity contribution in [3.63, 3.8) is 0 Å². The van der Waals surface area contributed by atoms with E-state index in [1.54, 1.807) is 11.0 Å². The molecule has 1 aromatic heterocycles. The first kappa shape index (κ1) is 17.1. The van der Waals surface area contributed by atoms with Gasteiger partial charge in [0.25, 0.3) is 5.91 Å². The molecule has 4 rings (SSSR count). The molecule has 1 atom stereocenters. The van der Waals surface area contributed by atoms with Gasteiger partial charge in [-0.25, -0.2) is 4.79 Å². The predicted molar refractivity (Wildman–Crippen MR) is 98.7 cm³/mol. The zero-order chi connectivity index (χ0) is 18.1. The number of aliphatic hydroxyl groups excluding tert-OH is 1. The fraction of sp³-hybridized carbons (Fsp3) is 0.368. The monoisotopic (exact) mass is 372 g/mol. The summed E-state index contributed by atoms with van der Waals surface area (Å²) in [5.74, 6) is -0.155. The second-order valence-electron chi connectivity index (χ2n) is 6.79. The first-order valence-corrected chi connectivity index (χ1v) is 9.50. The van der Waals surface area contributed by atoms with Gasteiger partial charge in [0.15, 0.2) is 0 Å². The van der Waals surface area contributed by atoms with Crippen LogP contribution in [-0.4, -0.2) is 42.9 Å². The molecule has 1 saturated heterocycles. The fourth-order valence-electron chi connectivity index (χ4n) is 3.22. The van der Waals surface area contributed by atoms with Crippen molar-refractivity contribution in [3.05, 3.63) is 52.2 Å². The Morgan fingerprint density at radius 2 is 2.08 bits per heavy atom. The smallest absolute Gasteiger partial charge is 0.414 e. The third-order valence-corrected chi connectivity index (χ3v) is 5.93. The molecule has 0 radical (unpaired) electrons. The second kappa shape index (κ2) is 6.74. The second-order valence-corrected chi connectivity index (χ2v) is 7.74. The van der Waals surface area contributed by atoms with E-state index >= 15 is 0 Å². The molecule has 1 unspecified atom stereocenters. The molecule has 0 spiro atoms. The van der Waals surface area contributed by atoms with E-state index in [1.807, 2.05) is 35.7 Å². The number of carbonyl (C=O) groups is 2. The SMILES string of the molecule is O=C(NCC1CN(c2ccc(C3(CO)CC3)cc2)C(=O)O1)c1cccs1. The van der Waals surface area contributed by atoms with E-state index in [0.29, 0.717) is 11.4 Å². The van der Waals surface area contributed by atoms with E-state index in [-0.39, 0.29) is 30.6 Å². The number of nitrogens with one attached hydrogen (secondary N) is 1. The highest BCUT2D eigenvalue weighted by molar-refractivity contribution is 7.12. The largest absolute Gasteiger partial charge is 0.442 e. The lowest BCUT2D eigenvalue weighted by molar-refractivity contribution is 0.0920. The minimum absolute atomic E-state index is 0.0847. The third kappa shape index (κ3) is 3.20. The van der Waals surface area contributed by atoms with E-state index < -0.39 is 6.09 Å². The number of benzene rings is 1. The maximum atomic E-state index is 12.2. The lowest BCUT2D eigenvalue weighted by Gasteiger charge is -2.16. The Labute approximate surface area is 155 Å². The van der Waals surface area contributed by atoms with E-state index in [2.05, 4.69) is 5.32 Å². The molecular formula is C19H20N2O4S. The number of hydrogen-bond acceptors (Lipinski definition) is 5. The number of carbonyl (C=O) groups excluding carboxylic acids is 2. The molecule has 6 nitrogen and oxygen atoms in total. The predicted octanol–water partition coefficient (Wildman–Crippen LogP) is 2.53. The van der Waals surface area contributed by atoms with E-state index in [1.165, 1.54) is 11.3 Å². The first-order valence-electron chi connectivity index (χ1n) is 8.62. The average Bonchev–Trinajstić information content (AvgIpc) is 3.09. The van der Waals surface area contributed by atoms with Crippen LogP contribution in [0, 0.1) is 0 Å². The average molecular weight is 372 g/mol. The molecule has 2 fully saturated rings. The summed E-state index contributed by atoms with van der Waals surface area (Å²) in [5, 5.41) is 14.2. The van der Waals surface area contributed by atoms with Gasteiger partial charge in [-0.2, -0.15) is 0 Å². The Balaban J connectivity index is 1.36. The molecular weight excluding hydrogens is 352 g/mol. The summed E-state index contributed by atoms with van der Waals surface area (Å²) in [4.78, 5) is 26.4. The van der Waals surface area contributed by atoms with Crippen LogP contribution < -0.4 is 10.2 Å². The van der Waals surface area contributed by atoms with E-state index in [0.717, 1.165) is 24.1 Å². The van der Waals surface area contributed by atoms with Crippen molar-refractivity contribution in [1.29, 1.82) is 0 Å². The Morgan fingerprint density at radius 3 is 2.69 bits per heavy atom. The maximum Gasteiger partial charge on any atom is 0.414 e. The van der Waals surface area contributed by atoms with Crippen LogP contribution in [0.4, 0.5) is 10.5 Å². The topological polar surface area (TPSA) is 78.9 Å². The van der Waals surface area contributed by atoms with Crippen LogP contribution >= 0.6 is 11.3 Å². The van der Waals surface area contributed by atoms with Gasteiger partial charge in [-0.15, -0.1) is 11.3 Å². The normalized spacial score (nSPS) is 20.7. The molecule has 7 heteroatoms. The summed E-state index contributed by atoms with van der Waals surface area (Å²) in [7, 11) is 0. The summed E-state index contributed by atoms with van der Waals surface area (Å²) in [5.41, 5.74) is 1.79. The lowest BCUT2D eigenvalue weighted by Crippen LogP contribution is -2.34. The fourth-order valence-corrected chi connectivity index (χ4v) is 3.86. The number of hydrogen-bond donors (Lipinski definition) is 2. The summed E-state index contributed by atoms with van der Waals surface area (Å²) >= 11 is 1.37.